The van der Waals surface area contributed by atoms with Crippen molar-refractivity contribution in [2.24, 2.45) is 10.9 Å². The molecule has 6 rings (SSSR count). The maximum atomic E-state index is 14.6. The monoisotopic (exact) mass is 533 g/mol. The van der Waals surface area contributed by atoms with Crippen LogP contribution in [-0.4, -0.2) is 45.0 Å². The number of imidazole rings is 1. The lowest BCUT2D eigenvalue weighted by atomic mass is 10.0. The first-order chi connectivity index (χ1) is 19.6. The van der Waals surface area contributed by atoms with Crippen molar-refractivity contribution in [3.8, 4) is 22.6 Å². The minimum Gasteiger partial charge on any atom is -0.336 e. The van der Waals surface area contributed by atoms with Crippen LogP contribution in [0.3, 0.4) is 0 Å². The molecule has 0 saturated heterocycles. The number of aromatic amines is 2. The summed E-state index contributed by atoms with van der Waals surface area (Å²) in [4.78, 5) is 17.2. The number of nitrogens with one attached hydrogen (secondary N) is 3. The van der Waals surface area contributed by atoms with Gasteiger partial charge in [0, 0.05) is 29.4 Å². The molecule has 8 heteroatoms. The maximum absolute atomic E-state index is 14.6. The maximum Gasteiger partial charge on any atom is 0.161 e. The summed E-state index contributed by atoms with van der Waals surface area (Å²) in [6, 6.07) is 16.3. The van der Waals surface area contributed by atoms with Gasteiger partial charge in [-0.15, -0.1) is 0 Å². The van der Waals surface area contributed by atoms with Crippen LogP contribution in [0.2, 0.25) is 0 Å². The Morgan fingerprint density at radius 1 is 1.02 bits per heavy atom. The van der Waals surface area contributed by atoms with Crippen LogP contribution >= 0.6 is 0 Å². The highest BCUT2D eigenvalue weighted by Gasteiger charge is 2.18. The van der Waals surface area contributed by atoms with Gasteiger partial charge in [0.1, 0.15) is 11.3 Å². The van der Waals surface area contributed by atoms with Crippen LogP contribution in [0.1, 0.15) is 38.3 Å². The highest BCUT2D eigenvalue weighted by molar-refractivity contribution is 5.96. The molecule has 0 spiro atoms. The number of benzene rings is 2. The number of H-pyrrole nitrogens is 2. The van der Waals surface area contributed by atoms with Gasteiger partial charge in [0.15, 0.2) is 11.5 Å². The predicted octanol–water partition coefficient (Wildman–Crippen LogP) is 7.07. The molecule has 0 unspecified atom stereocenters. The number of allylic oxidation sites excluding steroid dienone is 2. The Kier molecular flexibility index (Phi) is 7.33. The second kappa shape index (κ2) is 11.4. The third kappa shape index (κ3) is 5.22. The minimum atomic E-state index is -0.289. The molecule has 202 valence electrons. The van der Waals surface area contributed by atoms with Crippen LogP contribution in [-0.2, 0) is 0 Å². The summed E-state index contributed by atoms with van der Waals surface area (Å²) in [6.45, 7) is 7.65. The Morgan fingerprint density at radius 2 is 1.85 bits per heavy atom. The third-order valence-electron chi connectivity index (χ3n) is 7.55. The van der Waals surface area contributed by atoms with Crippen LogP contribution in [0, 0.1) is 11.7 Å². The van der Waals surface area contributed by atoms with E-state index in [4.69, 9.17) is 9.97 Å². The van der Waals surface area contributed by atoms with Crippen molar-refractivity contribution < 1.29 is 4.39 Å². The molecule has 1 saturated carbocycles. The van der Waals surface area contributed by atoms with E-state index in [9.17, 15) is 4.39 Å². The lowest BCUT2D eigenvalue weighted by molar-refractivity contribution is 0.502. The first kappa shape index (κ1) is 25.8. The van der Waals surface area contributed by atoms with Crippen molar-refractivity contribution in [3.05, 3.63) is 84.0 Å². The lowest BCUT2D eigenvalue weighted by Gasteiger charge is -2.11. The third-order valence-corrected chi connectivity index (χ3v) is 7.55. The van der Waals surface area contributed by atoms with E-state index in [0.29, 0.717) is 28.1 Å². The summed E-state index contributed by atoms with van der Waals surface area (Å²) in [5.41, 5.74) is 7.59. The van der Waals surface area contributed by atoms with E-state index in [1.54, 1.807) is 18.3 Å². The number of pyridine rings is 1. The van der Waals surface area contributed by atoms with Gasteiger partial charge >= 0.3 is 0 Å². The molecule has 1 aliphatic rings. The summed E-state index contributed by atoms with van der Waals surface area (Å²) in [6.07, 6.45) is 9.19. The number of aliphatic imine (C=N–C) groups is 1. The van der Waals surface area contributed by atoms with Crippen LogP contribution in [0.25, 0.3) is 50.3 Å². The van der Waals surface area contributed by atoms with Crippen molar-refractivity contribution in [2.75, 3.05) is 13.1 Å². The SMILES string of the molecule is C=N/C=C(\C=C(/C)CNCC1CCCC1)c1ccc2[nH]nc(-c3nc4c(-c5ccccc5F)cccc4[nH]3)c2n1. The average Bonchev–Trinajstić information content (AvgIpc) is 3.72. The van der Waals surface area contributed by atoms with Crippen LogP contribution in [0.5, 0.6) is 0 Å². The molecule has 1 aliphatic carbocycles. The Balaban J connectivity index is 1.32. The molecule has 0 bridgehead atoms. The molecule has 5 aromatic rings. The lowest BCUT2D eigenvalue weighted by Crippen LogP contribution is -2.22. The minimum absolute atomic E-state index is 0.289. The fourth-order valence-electron chi connectivity index (χ4n) is 5.55. The van der Waals surface area contributed by atoms with E-state index in [1.165, 1.54) is 37.3 Å². The van der Waals surface area contributed by atoms with Gasteiger partial charge in [-0.1, -0.05) is 54.8 Å². The molecule has 2 aromatic carbocycles. The Morgan fingerprint density at radius 3 is 2.67 bits per heavy atom. The highest BCUT2D eigenvalue weighted by atomic mass is 19.1. The fraction of sp³-hybridized carbons (Fsp3) is 0.250. The summed E-state index contributed by atoms with van der Waals surface area (Å²) in [5.74, 6) is 1.07. The molecular weight excluding hydrogens is 501 g/mol. The van der Waals surface area contributed by atoms with E-state index in [2.05, 4.69) is 45.2 Å². The Bertz CT molecular complexity index is 1740. The van der Waals surface area contributed by atoms with Gasteiger partial charge in [-0.3, -0.25) is 10.1 Å². The van der Waals surface area contributed by atoms with Gasteiger partial charge in [0.25, 0.3) is 0 Å². The first-order valence-electron chi connectivity index (χ1n) is 13.7. The van der Waals surface area contributed by atoms with Crippen molar-refractivity contribution in [1.29, 1.82) is 0 Å². The normalized spacial score (nSPS) is 14.9. The Labute approximate surface area is 232 Å². The number of aromatic nitrogens is 5. The number of halogens is 1. The van der Waals surface area contributed by atoms with Gasteiger partial charge < -0.3 is 10.3 Å². The van der Waals surface area contributed by atoms with E-state index < -0.39 is 0 Å². The van der Waals surface area contributed by atoms with E-state index in [0.717, 1.165) is 46.9 Å². The zero-order chi connectivity index (χ0) is 27.5. The van der Waals surface area contributed by atoms with E-state index in [1.807, 2.05) is 36.4 Å². The molecular formula is C32H32FN7. The molecule has 40 heavy (non-hydrogen) atoms. The smallest absolute Gasteiger partial charge is 0.161 e. The number of hydrogen-bond acceptors (Lipinski definition) is 5. The molecule has 1 fully saturated rings. The number of fused-ring (bicyclic) bond motifs is 2. The van der Waals surface area contributed by atoms with Gasteiger partial charge in [-0.25, -0.2) is 14.4 Å². The van der Waals surface area contributed by atoms with Gasteiger partial charge in [-0.05, 0) is 63.2 Å². The molecule has 3 aromatic heterocycles. The number of nitrogens with zero attached hydrogens (tertiary/aromatic N) is 4. The summed E-state index contributed by atoms with van der Waals surface area (Å²) < 4.78 is 14.6. The number of para-hydroxylation sites is 1. The molecule has 7 nitrogen and oxygen atoms in total. The second-order valence-electron chi connectivity index (χ2n) is 10.5. The van der Waals surface area contributed by atoms with Gasteiger partial charge in [0.2, 0.25) is 0 Å². The van der Waals surface area contributed by atoms with Crippen LogP contribution < -0.4 is 5.32 Å². The van der Waals surface area contributed by atoms with Crippen molar-refractivity contribution in [1.82, 2.24) is 30.5 Å². The standard InChI is InChI=1S/C32H32FN7/c1-20(17-35-18-21-8-3-4-9-21)16-22(19-34-2)26-14-15-28-30(36-26)31(40-39-28)32-37-27-13-7-11-24(29(27)38-32)23-10-5-6-12-25(23)33/h5-7,10-16,19,21,35H,2-4,8-9,17-18H2,1H3,(H,37,38)(H,39,40)/b20-16+,22-19+. The quantitative estimate of drug-likeness (QED) is 0.139. The average molecular weight is 534 g/mol. The molecule has 0 amide bonds. The molecule has 0 aliphatic heterocycles. The summed E-state index contributed by atoms with van der Waals surface area (Å²) >= 11 is 0. The molecule has 3 heterocycles. The van der Waals surface area contributed by atoms with Crippen molar-refractivity contribution >= 4 is 34.4 Å². The zero-order valence-corrected chi connectivity index (χ0v) is 22.5. The molecule has 0 atom stereocenters. The zero-order valence-electron chi connectivity index (χ0n) is 22.5. The second-order valence-corrected chi connectivity index (χ2v) is 10.5. The molecule has 0 radical (unpaired) electrons. The largest absolute Gasteiger partial charge is 0.336 e. The molecule has 3 N–H and O–H groups in total. The Hall–Kier alpha value is -4.43. The first-order valence-corrected chi connectivity index (χ1v) is 13.7. The number of rotatable bonds is 9. The van der Waals surface area contributed by atoms with Gasteiger partial charge in [0.05, 0.1) is 22.2 Å². The van der Waals surface area contributed by atoms with E-state index >= 15 is 0 Å². The van der Waals surface area contributed by atoms with Crippen LogP contribution in [0.4, 0.5) is 4.39 Å². The fourth-order valence-corrected chi connectivity index (χ4v) is 5.55. The summed E-state index contributed by atoms with van der Waals surface area (Å²) in [7, 11) is 0. The predicted molar refractivity (Wildman–Crippen MR) is 160 cm³/mol. The summed E-state index contributed by atoms with van der Waals surface area (Å²) in [5, 5.41) is 11.2. The van der Waals surface area contributed by atoms with E-state index in [-0.39, 0.29) is 5.82 Å². The highest BCUT2D eigenvalue weighted by Crippen LogP contribution is 2.32. The topological polar surface area (TPSA) is 94.6 Å². The van der Waals surface area contributed by atoms with Crippen molar-refractivity contribution in [2.45, 2.75) is 32.6 Å². The van der Waals surface area contributed by atoms with Gasteiger partial charge in [-0.2, -0.15) is 5.10 Å². The van der Waals surface area contributed by atoms with Crippen LogP contribution in [0.15, 0.2) is 77.4 Å². The number of hydrogen-bond donors (Lipinski definition) is 3. The van der Waals surface area contributed by atoms with Crippen molar-refractivity contribution in [3.63, 3.8) is 0 Å².